The van der Waals surface area contributed by atoms with Crippen LogP contribution in [0.4, 0.5) is 5.95 Å². The van der Waals surface area contributed by atoms with Crippen molar-refractivity contribution in [2.75, 3.05) is 11.9 Å². The maximum absolute atomic E-state index is 5.66. The van der Waals surface area contributed by atoms with Gasteiger partial charge in [0.05, 0.1) is 6.10 Å². The van der Waals surface area contributed by atoms with Crippen molar-refractivity contribution in [2.45, 2.75) is 39.7 Å². The molecule has 4 nitrogen and oxygen atoms in total. The van der Waals surface area contributed by atoms with Crippen molar-refractivity contribution in [2.24, 2.45) is 0 Å². The first-order valence-electron chi connectivity index (χ1n) is 7.25. The molecule has 1 aromatic heterocycles. The van der Waals surface area contributed by atoms with Crippen molar-refractivity contribution in [1.82, 2.24) is 9.55 Å². The van der Waals surface area contributed by atoms with Gasteiger partial charge in [0.15, 0.2) is 0 Å². The summed E-state index contributed by atoms with van der Waals surface area (Å²) in [6.45, 7) is 7.18. The lowest BCUT2D eigenvalue weighted by Crippen LogP contribution is -2.08. The molecular formula is C16H23N3O. The Kier molecular flexibility index (Phi) is 5.04. The normalized spacial score (nSPS) is 10.8. The van der Waals surface area contributed by atoms with Gasteiger partial charge in [-0.1, -0.05) is 13.3 Å². The number of ether oxygens (including phenoxy) is 1. The zero-order valence-corrected chi connectivity index (χ0v) is 12.5. The van der Waals surface area contributed by atoms with Crippen molar-refractivity contribution < 1.29 is 4.74 Å². The maximum Gasteiger partial charge on any atom is 0.207 e. The third-order valence-corrected chi connectivity index (χ3v) is 2.94. The van der Waals surface area contributed by atoms with Gasteiger partial charge in [0.1, 0.15) is 5.75 Å². The van der Waals surface area contributed by atoms with Gasteiger partial charge in [0, 0.05) is 24.6 Å². The SMILES string of the molecule is CCCCNc1nccn1-c1ccc(OC(C)C)cc1. The van der Waals surface area contributed by atoms with Gasteiger partial charge in [0.2, 0.25) is 5.95 Å². The van der Waals surface area contributed by atoms with E-state index in [1.807, 2.05) is 50.5 Å². The van der Waals surface area contributed by atoms with E-state index >= 15 is 0 Å². The van der Waals surface area contributed by atoms with E-state index in [1.54, 1.807) is 0 Å². The Bertz CT molecular complexity index is 517. The summed E-state index contributed by atoms with van der Waals surface area (Å²) in [6.07, 6.45) is 6.29. The topological polar surface area (TPSA) is 39.1 Å². The van der Waals surface area contributed by atoms with Gasteiger partial charge in [0.25, 0.3) is 0 Å². The van der Waals surface area contributed by atoms with Crippen molar-refractivity contribution in [1.29, 1.82) is 0 Å². The molecule has 0 saturated heterocycles. The standard InChI is InChI=1S/C16H23N3O/c1-4-5-10-17-16-18-11-12-19(16)14-6-8-15(9-7-14)20-13(2)3/h6-9,11-13H,4-5,10H2,1-3H3,(H,17,18). The molecule has 108 valence electrons. The highest BCUT2D eigenvalue weighted by atomic mass is 16.5. The summed E-state index contributed by atoms with van der Waals surface area (Å²) >= 11 is 0. The minimum Gasteiger partial charge on any atom is -0.491 e. The van der Waals surface area contributed by atoms with E-state index in [1.165, 1.54) is 6.42 Å². The number of hydrogen-bond acceptors (Lipinski definition) is 3. The third-order valence-electron chi connectivity index (χ3n) is 2.94. The molecule has 0 atom stereocenters. The number of nitrogens with one attached hydrogen (secondary N) is 1. The highest BCUT2D eigenvalue weighted by molar-refractivity contribution is 5.44. The maximum atomic E-state index is 5.66. The molecule has 0 spiro atoms. The number of rotatable bonds is 7. The third kappa shape index (κ3) is 3.76. The van der Waals surface area contributed by atoms with Gasteiger partial charge in [-0.25, -0.2) is 4.98 Å². The number of anilines is 1. The van der Waals surface area contributed by atoms with E-state index < -0.39 is 0 Å². The zero-order chi connectivity index (χ0) is 14.4. The molecule has 0 fully saturated rings. The summed E-state index contributed by atoms with van der Waals surface area (Å²) in [7, 11) is 0. The van der Waals surface area contributed by atoms with E-state index in [0.29, 0.717) is 0 Å². The second-order valence-electron chi connectivity index (χ2n) is 5.06. The van der Waals surface area contributed by atoms with Gasteiger partial charge in [-0.15, -0.1) is 0 Å². The van der Waals surface area contributed by atoms with Crippen LogP contribution in [0.1, 0.15) is 33.6 Å². The fourth-order valence-corrected chi connectivity index (χ4v) is 1.98. The van der Waals surface area contributed by atoms with E-state index in [2.05, 4.69) is 21.8 Å². The Balaban J connectivity index is 2.09. The van der Waals surface area contributed by atoms with E-state index in [-0.39, 0.29) is 6.10 Å². The molecule has 4 heteroatoms. The van der Waals surface area contributed by atoms with Crippen LogP contribution in [-0.4, -0.2) is 22.2 Å². The largest absolute Gasteiger partial charge is 0.491 e. The molecule has 0 aliphatic heterocycles. The molecule has 1 heterocycles. The predicted molar refractivity (Wildman–Crippen MR) is 82.7 cm³/mol. The van der Waals surface area contributed by atoms with Crippen LogP contribution in [0.5, 0.6) is 5.75 Å². The van der Waals surface area contributed by atoms with Crippen molar-refractivity contribution in [3.8, 4) is 11.4 Å². The Morgan fingerprint density at radius 1 is 1.25 bits per heavy atom. The summed E-state index contributed by atoms with van der Waals surface area (Å²) in [5, 5.41) is 3.36. The van der Waals surface area contributed by atoms with Gasteiger partial charge >= 0.3 is 0 Å². The van der Waals surface area contributed by atoms with Crippen LogP contribution in [0.15, 0.2) is 36.7 Å². The molecule has 0 aliphatic carbocycles. The first-order valence-corrected chi connectivity index (χ1v) is 7.25. The van der Waals surface area contributed by atoms with Crippen LogP contribution in [-0.2, 0) is 0 Å². The first-order chi connectivity index (χ1) is 9.70. The minimum absolute atomic E-state index is 0.195. The highest BCUT2D eigenvalue weighted by Gasteiger charge is 2.05. The lowest BCUT2D eigenvalue weighted by atomic mass is 10.3. The quantitative estimate of drug-likeness (QED) is 0.778. The molecule has 1 N–H and O–H groups in total. The predicted octanol–water partition coefficient (Wildman–Crippen LogP) is 3.87. The second kappa shape index (κ2) is 6.98. The Labute approximate surface area is 120 Å². The molecule has 1 aromatic carbocycles. The van der Waals surface area contributed by atoms with Gasteiger partial charge < -0.3 is 10.1 Å². The molecule has 0 unspecified atom stereocenters. The number of nitrogens with zero attached hydrogens (tertiary/aromatic N) is 2. The molecule has 2 rings (SSSR count). The number of unbranched alkanes of at least 4 members (excludes halogenated alkanes) is 1. The molecule has 0 bridgehead atoms. The van der Waals surface area contributed by atoms with Crippen LogP contribution < -0.4 is 10.1 Å². The smallest absolute Gasteiger partial charge is 0.207 e. The van der Waals surface area contributed by atoms with Crippen molar-refractivity contribution >= 4 is 5.95 Å². The molecule has 0 saturated carbocycles. The number of imidazole rings is 1. The summed E-state index contributed by atoms with van der Waals surface area (Å²) in [4.78, 5) is 4.36. The summed E-state index contributed by atoms with van der Waals surface area (Å²) in [5.74, 6) is 1.78. The van der Waals surface area contributed by atoms with Gasteiger partial charge in [-0.05, 0) is 44.5 Å². The molecule has 0 radical (unpaired) electrons. The van der Waals surface area contributed by atoms with E-state index in [0.717, 1.165) is 30.4 Å². The molecular weight excluding hydrogens is 250 g/mol. The minimum atomic E-state index is 0.195. The summed E-state index contributed by atoms with van der Waals surface area (Å²) in [6, 6.07) is 8.07. The van der Waals surface area contributed by atoms with Crippen LogP contribution in [0, 0.1) is 0 Å². The summed E-state index contributed by atoms with van der Waals surface area (Å²) < 4.78 is 7.71. The molecule has 20 heavy (non-hydrogen) atoms. The van der Waals surface area contributed by atoms with E-state index in [4.69, 9.17) is 4.74 Å². The van der Waals surface area contributed by atoms with E-state index in [9.17, 15) is 0 Å². The lowest BCUT2D eigenvalue weighted by molar-refractivity contribution is 0.242. The lowest BCUT2D eigenvalue weighted by Gasteiger charge is -2.12. The number of benzene rings is 1. The van der Waals surface area contributed by atoms with Crippen LogP contribution in [0.3, 0.4) is 0 Å². The highest BCUT2D eigenvalue weighted by Crippen LogP contribution is 2.19. The molecule has 0 amide bonds. The monoisotopic (exact) mass is 273 g/mol. The fraction of sp³-hybridized carbons (Fsp3) is 0.438. The second-order valence-corrected chi connectivity index (χ2v) is 5.06. The Hall–Kier alpha value is -1.97. The average molecular weight is 273 g/mol. The van der Waals surface area contributed by atoms with Gasteiger partial charge in [-0.2, -0.15) is 0 Å². The molecule has 0 aliphatic rings. The molecule has 2 aromatic rings. The van der Waals surface area contributed by atoms with Crippen molar-refractivity contribution in [3.63, 3.8) is 0 Å². The zero-order valence-electron chi connectivity index (χ0n) is 12.5. The van der Waals surface area contributed by atoms with Gasteiger partial charge in [-0.3, -0.25) is 4.57 Å². The summed E-state index contributed by atoms with van der Waals surface area (Å²) in [5.41, 5.74) is 1.08. The average Bonchev–Trinajstić information content (AvgIpc) is 2.88. The first kappa shape index (κ1) is 14.4. The number of aromatic nitrogens is 2. The van der Waals surface area contributed by atoms with Crippen LogP contribution in [0.25, 0.3) is 5.69 Å². The fourth-order valence-electron chi connectivity index (χ4n) is 1.98. The Morgan fingerprint density at radius 3 is 2.65 bits per heavy atom. The number of hydrogen-bond donors (Lipinski definition) is 1. The van der Waals surface area contributed by atoms with Crippen LogP contribution in [0.2, 0.25) is 0 Å². The van der Waals surface area contributed by atoms with Crippen LogP contribution >= 0.6 is 0 Å². The Morgan fingerprint density at radius 2 is 2.00 bits per heavy atom. The van der Waals surface area contributed by atoms with Crippen molar-refractivity contribution in [3.05, 3.63) is 36.7 Å².